The van der Waals surface area contributed by atoms with E-state index in [1.807, 2.05) is 30.0 Å². The van der Waals surface area contributed by atoms with Crippen molar-refractivity contribution in [3.63, 3.8) is 0 Å². The minimum Gasteiger partial charge on any atom is -0.493 e. The molecule has 2 aromatic rings. The van der Waals surface area contributed by atoms with Gasteiger partial charge in [-0.2, -0.15) is 0 Å². The third-order valence-corrected chi connectivity index (χ3v) is 5.79. The molecule has 1 aliphatic heterocycles. The largest absolute Gasteiger partial charge is 0.493 e. The van der Waals surface area contributed by atoms with Crippen LogP contribution in [-0.2, 0) is 11.3 Å². The lowest BCUT2D eigenvalue weighted by Crippen LogP contribution is -2.54. The predicted octanol–water partition coefficient (Wildman–Crippen LogP) is 2.82. The number of hydrogen-bond donors (Lipinski definition) is 1. The third kappa shape index (κ3) is 5.68. The number of nitrogens with one attached hydrogen (secondary N) is 1. The van der Waals surface area contributed by atoms with Crippen molar-refractivity contribution >= 4 is 23.4 Å². The van der Waals surface area contributed by atoms with Crippen LogP contribution in [0.3, 0.4) is 0 Å². The Bertz CT molecular complexity index is 912. The van der Waals surface area contributed by atoms with Crippen LogP contribution in [0.1, 0.15) is 22.8 Å². The standard InChI is InChI=1S/C23H28ClN3O4/c1-16(22(28)25-15-17-4-9-20(30-2)21(14-17)31-3)26-10-12-27(13-11-26)23(29)18-5-7-19(24)8-6-18/h4-9,14,16H,10-13,15H2,1-3H3,(H,25,28). The van der Waals surface area contributed by atoms with E-state index in [2.05, 4.69) is 10.2 Å². The maximum Gasteiger partial charge on any atom is 0.253 e. The zero-order valence-electron chi connectivity index (χ0n) is 18.1. The summed E-state index contributed by atoms with van der Waals surface area (Å²) in [5, 5.41) is 3.59. The summed E-state index contributed by atoms with van der Waals surface area (Å²) in [4.78, 5) is 29.2. The molecule has 2 aromatic carbocycles. The van der Waals surface area contributed by atoms with Gasteiger partial charge in [0.1, 0.15) is 0 Å². The van der Waals surface area contributed by atoms with Gasteiger partial charge in [0.05, 0.1) is 20.3 Å². The van der Waals surface area contributed by atoms with E-state index in [0.29, 0.717) is 54.8 Å². The normalized spacial score (nSPS) is 15.3. The molecule has 166 valence electrons. The van der Waals surface area contributed by atoms with Gasteiger partial charge in [0.2, 0.25) is 5.91 Å². The molecular formula is C23H28ClN3O4. The van der Waals surface area contributed by atoms with Crippen LogP contribution in [-0.4, -0.2) is 68.1 Å². The molecule has 1 unspecified atom stereocenters. The summed E-state index contributed by atoms with van der Waals surface area (Å²) in [7, 11) is 3.17. The number of nitrogens with zero attached hydrogens (tertiary/aromatic N) is 2. The van der Waals surface area contributed by atoms with Crippen molar-refractivity contribution in [1.29, 1.82) is 0 Å². The smallest absolute Gasteiger partial charge is 0.253 e. The van der Waals surface area contributed by atoms with Gasteiger partial charge in [-0.1, -0.05) is 17.7 Å². The van der Waals surface area contributed by atoms with Gasteiger partial charge in [0.25, 0.3) is 5.91 Å². The Morgan fingerprint density at radius 3 is 2.26 bits per heavy atom. The average molecular weight is 446 g/mol. The van der Waals surface area contributed by atoms with Gasteiger partial charge < -0.3 is 19.7 Å². The van der Waals surface area contributed by atoms with Crippen LogP contribution in [0.15, 0.2) is 42.5 Å². The summed E-state index contributed by atoms with van der Waals surface area (Å²) in [5.74, 6) is 1.22. The molecule has 0 spiro atoms. The molecule has 31 heavy (non-hydrogen) atoms. The zero-order chi connectivity index (χ0) is 22.4. The molecule has 1 saturated heterocycles. The fraction of sp³-hybridized carbons (Fsp3) is 0.391. The lowest BCUT2D eigenvalue weighted by Gasteiger charge is -2.37. The van der Waals surface area contributed by atoms with E-state index in [-0.39, 0.29) is 17.9 Å². The molecule has 8 heteroatoms. The highest BCUT2D eigenvalue weighted by Gasteiger charge is 2.27. The van der Waals surface area contributed by atoms with Crippen molar-refractivity contribution in [3.05, 3.63) is 58.6 Å². The number of benzene rings is 2. The number of carbonyl (C=O) groups excluding carboxylic acids is 2. The average Bonchev–Trinajstić information content (AvgIpc) is 2.81. The molecule has 1 heterocycles. The number of halogens is 1. The third-order valence-electron chi connectivity index (χ3n) is 5.53. The van der Waals surface area contributed by atoms with Crippen molar-refractivity contribution in [2.24, 2.45) is 0 Å². The minimum atomic E-state index is -0.284. The number of carbonyl (C=O) groups is 2. The summed E-state index contributed by atoms with van der Waals surface area (Å²) in [6.07, 6.45) is 0. The van der Waals surface area contributed by atoms with E-state index in [4.69, 9.17) is 21.1 Å². The van der Waals surface area contributed by atoms with E-state index in [9.17, 15) is 9.59 Å². The number of rotatable bonds is 7. The molecule has 0 saturated carbocycles. The Labute approximate surface area is 187 Å². The van der Waals surface area contributed by atoms with E-state index < -0.39 is 0 Å². The molecular weight excluding hydrogens is 418 g/mol. The number of methoxy groups -OCH3 is 2. The Balaban J connectivity index is 1.49. The van der Waals surface area contributed by atoms with Gasteiger partial charge in [0, 0.05) is 43.3 Å². The van der Waals surface area contributed by atoms with Gasteiger partial charge in [-0.15, -0.1) is 0 Å². The van der Waals surface area contributed by atoms with Gasteiger partial charge in [0.15, 0.2) is 11.5 Å². The number of hydrogen-bond acceptors (Lipinski definition) is 5. The van der Waals surface area contributed by atoms with E-state index in [0.717, 1.165) is 5.56 Å². The molecule has 1 atom stereocenters. The second-order valence-corrected chi connectivity index (χ2v) is 7.85. The Morgan fingerprint density at radius 2 is 1.65 bits per heavy atom. The first-order valence-electron chi connectivity index (χ1n) is 10.2. The molecule has 3 rings (SSSR count). The van der Waals surface area contributed by atoms with Crippen molar-refractivity contribution in [2.45, 2.75) is 19.5 Å². The van der Waals surface area contributed by atoms with Crippen LogP contribution in [0.2, 0.25) is 5.02 Å². The fourth-order valence-electron chi connectivity index (χ4n) is 3.58. The summed E-state index contributed by atoms with van der Waals surface area (Å²) in [6, 6.07) is 12.2. The molecule has 1 aliphatic rings. The summed E-state index contributed by atoms with van der Waals surface area (Å²) in [5.41, 5.74) is 1.55. The Morgan fingerprint density at radius 1 is 1.00 bits per heavy atom. The van der Waals surface area contributed by atoms with Crippen molar-refractivity contribution in [2.75, 3.05) is 40.4 Å². The number of piperazine rings is 1. The molecule has 0 aromatic heterocycles. The van der Waals surface area contributed by atoms with Crippen LogP contribution < -0.4 is 14.8 Å². The number of ether oxygens (including phenoxy) is 2. The van der Waals surface area contributed by atoms with Gasteiger partial charge >= 0.3 is 0 Å². The quantitative estimate of drug-likeness (QED) is 0.709. The van der Waals surface area contributed by atoms with Gasteiger partial charge in [-0.3, -0.25) is 14.5 Å². The highest BCUT2D eigenvalue weighted by Crippen LogP contribution is 2.27. The van der Waals surface area contributed by atoms with Crippen molar-refractivity contribution in [3.8, 4) is 11.5 Å². The molecule has 7 nitrogen and oxygen atoms in total. The van der Waals surface area contributed by atoms with Gasteiger partial charge in [-0.05, 0) is 48.9 Å². The van der Waals surface area contributed by atoms with E-state index in [1.165, 1.54) is 0 Å². The lowest BCUT2D eigenvalue weighted by molar-refractivity contribution is -0.126. The second-order valence-electron chi connectivity index (χ2n) is 7.42. The van der Waals surface area contributed by atoms with Crippen LogP contribution in [0.5, 0.6) is 11.5 Å². The SMILES string of the molecule is COc1ccc(CNC(=O)C(C)N2CCN(C(=O)c3ccc(Cl)cc3)CC2)cc1OC. The lowest BCUT2D eigenvalue weighted by atomic mass is 10.1. The second kappa shape index (κ2) is 10.5. The van der Waals surface area contributed by atoms with Crippen molar-refractivity contribution < 1.29 is 19.1 Å². The molecule has 0 aliphatic carbocycles. The summed E-state index contributed by atoms with van der Waals surface area (Å²) in [6.45, 7) is 4.73. The minimum absolute atomic E-state index is 0.0122. The maximum atomic E-state index is 12.7. The predicted molar refractivity (Wildman–Crippen MR) is 120 cm³/mol. The Kier molecular flexibility index (Phi) is 7.76. The first-order valence-corrected chi connectivity index (χ1v) is 10.6. The fourth-order valence-corrected chi connectivity index (χ4v) is 3.71. The molecule has 1 N–H and O–H groups in total. The summed E-state index contributed by atoms with van der Waals surface area (Å²) >= 11 is 5.90. The van der Waals surface area contributed by atoms with E-state index in [1.54, 1.807) is 38.5 Å². The van der Waals surface area contributed by atoms with E-state index >= 15 is 0 Å². The monoisotopic (exact) mass is 445 g/mol. The molecule has 2 amide bonds. The molecule has 0 bridgehead atoms. The van der Waals surface area contributed by atoms with Crippen LogP contribution in [0, 0.1) is 0 Å². The topological polar surface area (TPSA) is 71.1 Å². The highest BCUT2D eigenvalue weighted by molar-refractivity contribution is 6.30. The first kappa shape index (κ1) is 22.9. The zero-order valence-corrected chi connectivity index (χ0v) is 18.8. The maximum absolute atomic E-state index is 12.7. The molecule has 1 fully saturated rings. The van der Waals surface area contributed by atoms with Crippen LogP contribution >= 0.6 is 11.6 Å². The van der Waals surface area contributed by atoms with Crippen LogP contribution in [0.25, 0.3) is 0 Å². The molecule has 0 radical (unpaired) electrons. The Hall–Kier alpha value is -2.77. The van der Waals surface area contributed by atoms with Gasteiger partial charge in [-0.25, -0.2) is 0 Å². The summed E-state index contributed by atoms with van der Waals surface area (Å²) < 4.78 is 10.5. The highest BCUT2D eigenvalue weighted by atomic mass is 35.5. The first-order chi connectivity index (χ1) is 14.9. The van der Waals surface area contributed by atoms with Crippen LogP contribution in [0.4, 0.5) is 0 Å². The van der Waals surface area contributed by atoms with Crippen molar-refractivity contribution in [1.82, 2.24) is 15.1 Å². The number of amides is 2.